The molecule has 114 valence electrons. The van der Waals surface area contributed by atoms with E-state index in [-0.39, 0.29) is 5.78 Å². The summed E-state index contributed by atoms with van der Waals surface area (Å²) in [5.41, 5.74) is 0.448. The van der Waals surface area contributed by atoms with E-state index in [1.165, 1.54) is 6.07 Å². The van der Waals surface area contributed by atoms with Crippen LogP contribution >= 0.6 is 0 Å². The Bertz CT molecular complexity index is 561. The second-order valence-electron chi connectivity index (χ2n) is 5.55. The molecule has 1 aliphatic rings. The normalized spacial score (nSPS) is 21.7. The highest BCUT2D eigenvalue weighted by Crippen LogP contribution is 2.36. The van der Waals surface area contributed by atoms with Crippen LogP contribution < -0.4 is 0 Å². The van der Waals surface area contributed by atoms with Crippen LogP contribution in [0.4, 0.5) is 13.2 Å². The predicted molar refractivity (Wildman–Crippen MR) is 74.8 cm³/mol. The zero-order valence-electron chi connectivity index (χ0n) is 12.1. The molecular formula is C16H18F3NO. The highest BCUT2D eigenvalue weighted by Gasteiger charge is 2.33. The van der Waals surface area contributed by atoms with Crippen molar-refractivity contribution in [2.45, 2.75) is 31.4 Å². The molecule has 0 aliphatic heterocycles. The molecule has 1 aromatic carbocycles. The minimum absolute atomic E-state index is 0.0609. The van der Waals surface area contributed by atoms with Gasteiger partial charge in [0.25, 0.3) is 0 Å². The number of carbonyl (C=O) groups excluding carboxylic acids is 1. The molecule has 0 N–H and O–H groups in total. The van der Waals surface area contributed by atoms with Gasteiger partial charge in [-0.15, -0.1) is 0 Å². The van der Waals surface area contributed by atoms with Gasteiger partial charge in [-0.05, 0) is 30.9 Å². The molecular weight excluding hydrogens is 279 g/mol. The molecule has 1 aliphatic carbocycles. The molecule has 0 spiro atoms. The molecule has 0 aromatic heterocycles. The topological polar surface area (TPSA) is 20.3 Å². The van der Waals surface area contributed by atoms with Crippen molar-refractivity contribution in [1.29, 1.82) is 0 Å². The van der Waals surface area contributed by atoms with Crippen molar-refractivity contribution in [2.75, 3.05) is 14.1 Å². The van der Waals surface area contributed by atoms with Crippen molar-refractivity contribution in [2.24, 2.45) is 0 Å². The number of rotatable bonds is 2. The molecule has 1 atom stereocenters. The first-order valence-corrected chi connectivity index (χ1v) is 6.87. The van der Waals surface area contributed by atoms with Gasteiger partial charge in [-0.1, -0.05) is 18.2 Å². The van der Waals surface area contributed by atoms with Crippen molar-refractivity contribution in [3.63, 3.8) is 0 Å². The van der Waals surface area contributed by atoms with Crippen LogP contribution in [-0.4, -0.2) is 24.8 Å². The number of Topliss-reactive ketones (excluding diaryl/α,β-unsaturated/α-hetero) is 1. The highest BCUT2D eigenvalue weighted by atomic mass is 19.4. The van der Waals surface area contributed by atoms with E-state index in [9.17, 15) is 18.0 Å². The molecule has 2 nitrogen and oxygen atoms in total. The lowest BCUT2D eigenvalue weighted by molar-refractivity contribution is -0.137. The molecule has 0 amide bonds. The summed E-state index contributed by atoms with van der Waals surface area (Å²) in [5, 5.41) is 0. The number of nitrogens with zero attached hydrogens (tertiary/aromatic N) is 1. The maximum Gasteiger partial charge on any atom is 0.416 e. The Labute approximate surface area is 122 Å². The van der Waals surface area contributed by atoms with Gasteiger partial charge in [0.15, 0.2) is 5.78 Å². The third-order valence-electron chi connectivity index (χ3n) is 3.60. The van der Waals surface area contributed by atoms with Crippen LogP contribution in [0, 0.1) is 0 Å². The Morgan fingerprint density at radius 1 is 1.29 bits per heavy atom. The van der Waals surface area contributed by atoms with Gasteiger partial charge >= 0.3 is 6.18 Å². The lowest BCUT2D eigenvalue weighted by atomic mass is 9.80. The van der Waals surface area contributed by atoms with Crippen LogP contribution in [0.25, 0.3) is 0 Å². The van der Waals surface area contributed by atoms with E-state index in [1.54, 1.807) is 17.2 Å². The molecule has 1 unspecified atom stereocenters. The second-order valence-corrected chi connectivity index (χ2v) is 5.55. The third-order valence-corrected chi connectivity index (χ3v) is 3.60. The maximum atomic E-state index is 12.8. The van der Waals surface area contributed by atoms with E-state index in [4.69, 9.17) is 0 Å². The van der Waals surface area contributed by atoms with Gasteiger partial charge < -0.3 is 4.90 Å². The van der Waals surface area contributed by atoms with Gasteiger partial charge in [-0.2, -0.15) is 13.2 Å². The largest absolute Gasteiger partial charge is 0.416 e. The molecule has 0 saturated heterocycles. The molecule has 1 saturated carbocycles. The second kappa shape index (κ2) is 5.92. The minimum atomic E-state index is -4.38. The Morgan fingerprint density at radius 2 is 2.00 bits per heavy atom. The zero-order valence-corrected chi connectivity index (χ0v) is 12.1. The summed E-state index contributed by atoms with van der Waals surface area (Å²) < 4.78 is 38.3. The first-order valence-electron chi connectivity index (χ1n) is 6.87. The third kappa shape index (κ3) is 3.65. The monoisotopic (exact) mass is 297 g/mol. The summed E-state index contributed by atoms with van der Waals surface area (Å²) in [5.74, 6) is -0.526. The Hall–Kier alpha value is -1.78. The van der Waals surface area contributed by atoms with Crippen molar-refractivity contribution in [3.05, 3.63) is 47.2 Å². The fourth-order valence-electron chi connectivity index (χ4n) is 2.66. The van der Waals surface area contributed by atoms with Crippen LogP contribution in [-0.2, 0) is 11.0 Å². The summed E-state index contributed by atoms with van der Waals surface area (Å²) in [4.78, 5) is 14.2. The highest BCUT2D eigenvalue weighted by molar-refractivity contribution is 6.01. The standard InChI is InChI=1S/C16H18F3NO/c1-20(2)10-12-6-4-8-14(15(12)21)11-5-3-7-13(9-11)16(17,18)19/h3,5,7,9-10,14H,4,6,8H2,1-2H3/b12-10+. The van der Waals surface area contributed by atoms with E-state index >= 15 is 0 Å². The van der Waals surface area contributed by atoms with Crippen molar-refractivity contribution in [3.8, 4) is 0 Å². The summed E-state index contributed by atoms with van der Waals surface area (Å²) >= 11 is 0. The molecule has 0 heterocycles. The van der Waals surface area contributed by atoms with Gasteiger partial charge in [0.1, 0.15) is 0 Å². The number of hydrogen-bond acceptors (Lipinski definition) is 2. The van der Waals surface area contributed by atoms with Crippen LogP contribution in [0.2, 0.25) is 0 Å². The number of ketones is 1. The molecule has 0 radical (unpaired) electrons. The fraction of sp³-hybridized carbons (Fsp3) is 0.438. The smallest absolute Gasteiger partial charge is 0.383 e. The number of benzene rings is 1. The van der Waals surface area contributed by atoms with E-state index < -0.39 is 17.7 Å². The van der Waals surface area contributed by atoms with E-state index in [2.05, 4.69) is 0 Å². The quantitative estimate of drug-likeness (QED) is 0.769. The van der Waals surface area contributed by atoms with Crippen LogP contribution in [0.5, 0.6) is 0 Å². The average molecular weight is 297 g/mol. The molecule has 0 bridgehead atoms. The first kappa shape index (κ1) is 15.6. The number of carbonyl (C=O) groups is 1. The van der Waals surface area contributed by atoms with Crippen molar-refractivity contribution < 1.29 is 18.0 Å². The summed E-state index contributed by atoms with van der Waals surface area (Å²) in [6, 6.07) is 5.11. The first-order chi connectivity index (χ1) is 9.79. The molecule has 21 heavy (non-hydrogen) atoms. The SMILES string of the molecule is CN(C)/C=C1\CCCC(c2cccc(C(F)(F)F)c2)C1=O. The van der Waals surface area contributed by atoms with E-state index in [0.29, 0.717) is 24.0 Å². The van der Waals surface area contributed by atoms with Crippen LogP contribution in [0.1, 0.15) is 36.3 Å². The number of hydrogen-bond donors (Lipinski definition) is 0. The summed E-state index contributed by atoms with van der Waals surface area (Å²) in [7, 11) is 3.66. The minimum Gasteiger partial charge on any atom is -0.383 e. The summed E-state index contributed by atoms with van der Waals surface area (Å²) in [6.45, 7) is 0. The van der Waals surface area contributed by atoms with Gasteiger partial charge in [0.05, 0.1) is 5.56 Å². The molecule has 1 fully saturated rings. The van der Waals surface area contributed by atoms with Crippen LogP contribution in [0.3, 0.4) is 0 Å². The molecule has 1 aromatic rings. The van der Waals surface area contributed by atoms with E-state index in [1.807, 2.05) is 14.1 Å². The van der Waals surface area contributed by atoms with Crippen LogP contribution in [0.15, 0.2) is 36.0 Å². The average Bonchev–Trinajstić information content (AvgIpc) is 2.40. The maximum absolute atomic E-state index is 12.8. The Kier molecular flexibility index (Phi) is 4.40. The van der Waals surface area contributed by atoms with E-state index in [0.717, 1.165) is 18.6 Å². The molecule has 5 heteroatoms. The zero-order chi connectivity index (χ0) is 15.6. The predicted octanol–water partition coefficient (Wildman–Crippen LogP) is 3.99. The Morgan fingerprint density at radius 3 is 2.62 bits per heavy atom. The summed E-state index contributed by atoms with van der Waals surface area (Å²) in [6.07, 6.45) is -0.512. The Balaban J connectivity index is 2.31. The molecule has 2 rings (SSSR count). The fourth-order valence-corrected chi connectivity index (χ4v) is 2.66. The number of alkyl halides is 3. The van der Waals surface area contributed by atoms with Crippen molar-refractivity contribution >= 4 is 5.78 Å². The van der Waals surface area contributed by atoms with Gasteiger partial charge in [0, 0.05) is 31.8 Å². The van der Waals surface area contributed by atoms with Crippen molar-refractivity contribution in [1.82, 2.24) is 4.90 Å². The van der Waals surface area contributed by atoms with Gasteiger partial charge in [-0.3, -0.25) is 4.79 Å². The van der Waals surface area contributed by atoms with Gasteiger partial charge in [0.2, 0.25) is 0 Å². The lowest BCUT2D eigenvalue weighted by Gasteiger charge is -2.24. The number of allylic oxidation sites excluding steroid dienone is 1. The van der Waals surface area contributed by atoms with Gasteiger partial charge in [-0.25, -0.2) is 0 Å². The lowest BCUT2D eigenvalue weighted by Crippen LogP contribution is -2.22. The number of halogens is 3.